The number of nitrogens with zero attached hydrogens (tertiary/aromatic N) is 2. The number of hydrogen-bond acceptors (Lipinski definition) is 6. The van der Waals surface area contributed by atoms with E-state index in [2.05, 4.69) is 10.3 Å². The van der Waals surface area contributed by atoms with Crippen LogP contribution in [0.25, 0.3) is 0 Å². The number of hydrogen-bond donors (Lipinski definition) is 1. The lowest BCUT2D eigenvalue weighted by Gasteiger charge is -2.05. The number of anilines is 1. The monoisotopic (exact) mass is 327 g/mol. The van der Waals surface area contributed by atoms with Crippen molar-refractivity contribution >= 4 is 40.4 Å². The van der Waals surface area contributed by atoms with Crippen molar-refractivity contribution in [2.45, 2.75) is 11.3 Å². The average Bonchev–Trinajstić information content (AvgIpc) is 2.84. The van der Waals surface area contributed by atoms with Gasteiger partial charge in [0.05, 0.1) is 16.7 Å². The fraction of sp³-hybridized carbons (Fsp3) is 0.167. The van der Waals surface area contributed by atoms with E-state index in [1.165, 1.54) is 29.2 Å². The standard InChI is InChI=1S/C12H10FN3O3S2/c1-7-5-20-12(14-7)21-6-11(17)15-9-3-2-8(13)4-10(9)16(18)19/h2-5H,6H2,1H3,(H,15,17). The van der Waals surface area contributed by atoms with Crippen LogP contribution in [0.3, 0.4) is 0 Å². The van der Waals surface area contributed by atoms with E-state index in [0.29, 0.717) is 0 Å². The highest BCUT2D eigenvalue weighted by atomic mass is 32.2. The van der Waals surface area contributed by atoms with Gasteiger partial charge in [-0.15, -0.1) is 11.3 Å². The molecule has 6 nitrogen and oxygen atoms in total. The fourth-order valence-corrected chi connectivity index (χ4v) is 3.12. The van der Waals surface area contributed by atoms with Crippen LogP contribution in [-0.4, -0.2) is 21.6 Å². The van der Waals surface area contributed by atoms with Crippen LogP contribution >= 0.6 is 23.1 Å². The van der Waals surface area contributed by atoms with Gasteiger partial charge in [-0.25, -0.2) is 9.37 Å². The Morgan fingerprint density at radius 1 is 1.57 bits per heavy atom. The summed E-state index contributed by atoms with van der Waals surface area (Å²) < 4.78 is 13.7. The smallest absolute Gasteiger partial charge is 0.295 e. The van der Waals surface area contributed by atoms with Crippen molar-refractivity contribution in [2.75, 3.05) is 11.1 Å². The van der Waals surface area contributed by atoms with Gasteiger partial charge < -0.3 is 5.32 Å². The molecule has 0 aliphatic rings. The number of rotatable bonds is 5. The van der Waals surface area contributed by atoms with Crippen LogP contribution in [0.5, 0.6) is 0 Å². The maximum Gasteiger partial charge on any atom is 0.295 e. The summed E-state index contributed by atoms with van der Waals surface area (Å²) in [7, 11) is 0. The minimum atomic E-state index is -0.740. The van der Waals surface area contributed by atoms with Gasteiger partial charge in [0.15, 0.2) is 4.34 Å². The lowest BCUT2D eigenvalue weighted by atomic mass is 10.2. The summed E-state index contributed by atoms with van der Waals surface area (Å²) in [4.78, 5) is 26.0. The van der Waals surface area contributed by atoms with Crippen LogP contribution in [-0.2, 0) is 4.79 Å². The van der Waals surface area contributed by atoms with Crippen LogP contribution in [0, 0.1) is 22.9 Å². The number of nitro benzene ring substituents is 1. The Hall–Kier alpha value is -2.00. The number of nitro groups is 1. The Morgan fingerprint density at radius 2 is 2.33 bits per heavy atom. The lowest BCUT2D eigenvalue weighted by molar-refractivity contribution is -0.384. The third-order valence-corrected chi connectivity index (χ3v) is 4.49. The van der Waals surface area contributed by atoms with E-state index in [9.17, 15) is 19.3 Å². The van der Waals surface area contributed by atoms with Crippen LogP contribution in [0.15, 0.2) is 27.9 Å². The molecule has 0 saturated heterocycles. The molecule has 0 bridgehead atoms. The molecule has 1 N–H and O–H groups in total. The van der Waals surface area contributed by atoms with Crippen LogP contribution in [0.2, 0.25) is 0 Å². The van der Waals surface area contributed by atoms with E-state index in [4.69, 9.17) is 0 Å². The third kappa shape index (κ3) is 4.23. The Kier molecular flexibility index (Phi) is 4.86. The first-order chi connectivity index (χ1) is 9.95. The molecule has 0 fully saturated rings. The zero-order chi connectivity index (χ0) is 15.4. The van der Waals surface area contributed by atoms with Gasteiger partial charge in [-0.3, -0.25) is 14.9 Å². The van der Waals surface area contributed by atoms with Gasteiger partial charge in [0.2, 0.25) is 5.91 Å². The van der Waals surface area contributed by atoms with Gasteiger partial charge >= 0.3 is 0 Å². The number of aromatic nitrogens is 1. The summed E-state index contributed by atoms with van der Waals surface area (Å²) in [5, 5.41) is 15.1. The molecular weight excluding hydrogens is 317 g/mol. The van der Waals surface area contributed by atoms with E-state index >= 15 is 0 Å². The zero-order valence-electron chi connectivity index (χ0n) is 10.8. The molecule has 2 aromatic rings. The topological polar surface area (TPSA) is 85.1 Å². The summed E-state index contributed by atoms with van der Waals surface area (Å²) >= 11 is 2.66. The summed E-state index contributed by atoms with van der Waals surface area (Å²) in [6.45, 7) is 1.85. The maximum absolute atomic E-state index is 13.0. The summed E-state index contributed by atoms with van der Waals surface area (Å²) in [5.74, 6) is -1.07. The minimum absolute atomic E-state index is 0.0256. The normalized spacial score (nSPS) is 10.4. The molecule has 1 heterocycles. The number of thiazole rings is 1. The summed E-state index contributed by atoms with van der Waals surface area (Å²) in [6, 6.07) is 3.00. The molecule has 2 rings (SSSR count). The molecule has 1 amide bonds. The molecule has 0 unspecified atom stereocenters. The molecule has 0 spiro atoms. The molecule has 0 radical (unpaired) electrons. The van der Waals surface area contributed by atoms with Gasteiger partial charge in [-0.1, -0.05) is 11.8 Å². The van der Waals surface area contributed by atoms with Crippen LogP contribution < -0.4 is 5.32 Å². The third-order valence-electron chi connectivity index (χ3n) is 2.36. The molecule has 1 aromatic heterocycles. The Bertz CT molecular complexity index is 690. The fourth-order valence-electron chi connectivity index (χ4n) is 1.47. The molecule has 0 saturated carbocycles. The Balaban J connectivity index is 2.01. The van der Waals surface area contributed by atoms with Crippen molar-refractivity contribution in [3.05, 3.63) is 45.2 Å². The zero-order valence-corrected chi connectivity index (χ0v) is 12.5. The van der Waals surface area contributed by atoms with E-state index in [1.807, 2.05) is 12.3 Å². The number of carbonyl (C=O) groups is 1. The van der Waals surface area contributed by atoms with Crippen molar-refractivity contribution in [1.82, 2.24) is 4.98 Å². The van der Waals surface area contributed by atoms with Crippen molar-refractivity contribution in [3.8, 4) is 0 Å². The second kappa shape index (κ2) is 6.64. The molecule has 0 aliphatic carbocycles. The van der Waals surface area contributed by atoms with Gasteiger partial charge in [-0.2, -0.15) is 0 Å². The van der Waals surface area contributed by atoms with Gasteiger partial charge in [0, 0.05) is 11.1 Å². The summed E-state index contributed by atoms with van der Waals surface area (Å²) in [5.41, 5.74) is 0.373. The summed E-state index contributed by atoms with van der Waals surface area (Å²) in [6.07, 6.45) is 0. The minimum Gasteiger partial charge on any atom is -0.320 e. The average molecular weight is 327 g/mol. The van der Waals surface area contributed by atoms with Crippen LogP contribution in [0.4, 0.5) is 15.8 Å². The predicted octanol–water partition coefficient (Wildman–Crippen LogP) is 3.23. The lowest BCUT2D eigenvalue weighted by Crippen LogP contribution is -2.15. The number of nitrogens with one attached hydrogen (secondary N) is 1. The van der Waals surface area contributed by atoms with E-state index in [0.717, 1.165) is 22.2 Å². The second-order valence-electron chi connectivity index (χ2n) is 4.01. The molecule has 0 aliphatic heterocycles. The largest absolute Gasteiger partial charge is 0.320 e. The molecule has 1 aromatic carbocycles. The van der Waals surface area contributed by atoms with E-state index < -0.39 is 22.3 Å². The van der Waals surface area contributed by atoms with Gasteiger partial charge in [-0.05, 0) is 19.1 Å². The number of aryl methyl sites for hydroxylation is 1. The number of halogens is 1. The van der Waals surface area contributed by atoms with Crippen molar-refractivity contribution in [3.63, 3.8) is 0 Å². The second-order valence-corrected chi connectivity index (χ2v) is 6.09. The van der Waals surface area contributed by atoms with Gasteiger partial charge in [0.25, 0.3) is 5.69 Å². The molecule has 110 valence electrons. The SMILES string of the molecule is Cc1csc(SCC(=O)Nc2ccc(F)cc2[N+](=O)[O-])n1. The van der Waals surface area contributed by atoms with E-state index in [-0.39, 0.29) is 11.4 Å². The first kappa shape index (κ1) is 15.4. The van der Waals surface area contributed by atoms with Crippen molar-refractivity contribution in [2.24, 2.45) is 0 Å². The molecular formula is C12H10FN3O3S2. The van der Waals surface area contributed by atoms with Crippen molar-refractivity contribution < 1.29 is 14.1 Å². The van der Waals surface area contributed by atoms with Gasteiger partial charge in [0.1, 0.15) is 11.5 Å². The Labute approximate surface area is 127 Å². The quantitative estimate of drug-likeness (QED) is 0.518. The maximum atomic E-state index is 13.0. The number of thioether (sulfide) groups is 1. The predicted molar refractivity (Wildman–Crippen MR) is 79.3 cm³/mol. The highest BCUT2D eigenvalue weighted by molar-refractivity contribution is 8.01. The number of benzene rings is 1. The number of amides is 1. The Morgan fingerprint density at radius 3 is 2.95 bits per heavy atom. The van der Waals surface area contributed by atoms with E-state index in [1.54, 1.807) is 0 Å². The first-order valence-electron chi connectivity index (χ1n) is 5.74. The van der Waals surface area contributed by atoms with Crippen LogP contribution in [0.1, 0.15) is 5.69 Å². The highest BCUT2D eigenvalue weighted by Crippen LogP contribution is 2.26. The first-order valence-corrected chi connectivity index (χ1v) is 7.61. The highest BCUT2D eigenvalue weighted by Gasteiger charge is 2.17. The van der Waals surface area contributed by atoms with Crippen molar-refractivity contribution in [1.29, 1.82) is 0 Å². The molecule has 21 heavy (non-hydrogen) atoms. The molecule has 0 atom stereocenters. The number of carbonyl (C=O) groups excluding carboxylic acids is 1. The molecule has 9 heteroatoms.